The van der Waals surface area contributed by atoms with Gasteiger partial charge in [0, 0.05) is 0 Å². The highest BCUT2D eigenvalue weighted by Crippen LogP contribution is 2.79. The van der Waals surface area contributed by atoms with Crippen LogP contribution in [0.4, 0.5) is 0 Å². The highest BCUT2D eigenvalue weighted by atomic mass is 31.3. The van der Waals surface area contributed by atoms with Crippen molar-refractivity contribution in [2.24, 2.45) is 18.1 Å². The maximum Gasteiger partial charge on any atom is 0.460 e. The molecule has 1 aliphatic heterocycles. The Morgan fingerprint density at radius 1 is 0.279 bits per heavy atom. The molecule has 1 atom stereocenters. The van der Waals surface area contributed by atoms with Crippen molar-refractivity contribution in [2.75, 3.05) is 6.61 Å². The van der Waals surface area contributed by atoms with Crippen molar-refractivity contribution in [3.8, 4) is 40.2 Å². The predicted octanol–water partition coefficient (Wildman–Crippen LogP) is 15.8. The average Bonchev–Trinajstić information content (AvgIpc) is 3.27. The van der Waals surface area contributed by atoms with Gasteiger partial charge in [0.15, 0.2) is 0 Å². The Bertz CT molecular complexity index is 2490. The molecule has 0 aromatic heterocycles. The summed E-state index contributed by atoms with van der Waals surface area (Å²) in [5.41, 5.74) is 0. The number of hydrogen-bond donors (Lipinski definition) is 0. The fourth-order valence-electron chi connectivity index (χ4n) is 5.57. The summed E-state index contributed by atoms with van der Waals surface area (Å²) in [5.74, 6) is 2.68. The second kappa shape index (κ2) is 19.6. The van der Waals surface area contributed by atoms with Crippen LogP contribution in [-0.2, 0) is 4.52 Å². The molecule has 1 heterocycles. The number of hydrogen-bond acceptors (Lipinski definition) is 12. The van der Waals surface area contributed by atoms with Crippen LogP contribution in [-0.4, -0.2) is 6.61 Å². The second-order valence-electron chi connectivity index (χ2n) is 13.0. The lowest BCUT2D eigenvalue weighted by atomic mass is 10.3. The molecule has 310 valence electrons. The molecule has 0 radical (unpaired) electrons. The van der Waals surface area contributed by atoms with Gasteiger partial charge in [0.25, 0.3) is 0 Å². The zero-order valence-corrected chi connectivity index (χ0v) is 36.5. The maximum absolute atomic E-state index is 7.01. The molecule has 16 heteroatoms. The first-order valence-corrected chi connectivity index (χ1v) is 25.5. The molecule has 7 aromatic carbocycles. The highest BCUT2D eigenvalue weighted by molar-refractivity contribution is 7.79. The van der Waals surface area contributed by atoms with Crippen molar-refractivity contribution < 1.29 is 36.2 Å². The SMILES string of the molecule is CCCOP1(Oc2ccccc2)=NP(Oc2ccccc2)(Oc2ccccc2)=NP(Oc2ccccc2)(Oc2ccccc2)=NP(Oc2ccccc2)(Oc2ccccc2)=N1. The first-order valence-electron chi connectivity index (χ1n) is 19.4. The average molecular weight is 891 g/mol. The monoisotopic (exact) mass is 890 g/mol. The van der Waals surface area contributed by atoms with Crippen molar-refractivity contribution in [3.05, 3.63) is 212 Å². The zero-order chi connectivity index (χ0) is 41.7. The normalized spacial score (nSPS) is 17.1. The van der Waals surface area contributed by atoms with Crippen LogP contribution in [0.15, 0.2) is 230 Å². The van der Waals surface area contributed by atoms with Crippen LogP contribution in [0.3, 0.4) is 0 Å². The van der Waals surface area contributed by atoms with Gasteiger partial charge >= 0.3 is 30.6 Å². The molecule has 1 unspecified atom stereocenters. The Morgan fingerprint density at radius 3 is 0.672 bits per heavy atom. The van der Waals surface area contributed by atoms with Gasteiger partial charge in [-0.1, -0.05) is 143 Å². The minimum atomic E-state index is -4.29. The van der Waals surface area contributed by atoms with Crippen LogP contribution in [0.2, 0.25) is 0 Å². The first-order chi connectivity index (χ1) is 29.9. The van der Waals surface area contributed by atoms with Gasteiger partial charge in [-0.25, -0.2) is 0 Å². The molecular weight excluding hydrogens is 848 g/mol. The Morgan fingerprint density at radius 2 is 0.459 bits per heavy atom. The lowest BCUT2D eigenvalue weighted by Crippen LogP contribution is -2.10. The van der Waals surface area contributed by atoms with Gasteiger partial charge in [-0.2, -0.15) is 0 Å². The summed E-state index contributed by atoms with van der Waals surface area (Å²) in [4.78, 5) is 0. The Hall–Kier alpha value is -5.98. The topological polar surface area (TPSA) is 123 Å². The van der Waals surface area contributed by atoms with Gasteiger partial charge in [-0.15, -0.1) is 9.03 Å². The standard InChI is InChI=1S/C45H42N4O8P4/c1-2-38-50-58(51-39-24-10-3-11-25-39)46-59(52-40-26-12-4-13-27-40,53-41-28-14-5-15-29-41)48-61(56-44-34-20-8-21-35-44,57-45-36-22-9-23-37-45)49-60(47-58,54-42-30-16-6-17-31-42)55-43-32-18-7-19-33-43/h3-37H,2,38H2,1H3. The van der Waals surface area contributed by atoms with E-state index in [-0.39, 0.29) is 6.61 Å². The van der Waals surface area contributed by atoms with Crippen LogP contribution in [0.25, 0.3) is 0 Å². The van der Waals surface area contributed by atoms with Gasteiger partial charge < -0.3 is 31.7 Å². The van der Waals surface area contributed by atoms with E-state index in [0.717, 1.165) is 0 Å². The number of benzene rings is 7. The summed E-state index contributed by atoms with van der Waals surface area (Å²) in [6.07, 6.45) is 0.569. The third kappa shape index (κ3) is 11.2. The summed E-state index contributed by atoms with van der Waals surface area (Å²) in [6, 6.07) is 63.8. The number of nitrogens with zero attached hydrogens (tertiary/aromatic N) is 4. The minimum absolute atomic E-state index is 0.155. The summed E-state index contributed by atoms with van der Waals surface area (Å²) in [7, 11) is -16.9. The molecule has 0 amide bonds. The minimum Gasteiger partial charge on any atom is -0.422 e. The van der Waals surface area contributed by atoms with Gasteiger partial charge in [-0.05, 0) is 91.3 Å². The number of para-hydroxylation sites is 7. The van der Waals surface area contributed by atoms with Crippen molar-refractivity contribution in [1.29, 1.82) is 0 Å². The number of rotatable bonds is 17. The third-order valence-electron chi connectivity index (χ3n) is 8.14. The Balaban J connectivity index is 1.56. The van der Waals surface area contributed by atoms with Crippen molar-refractivity contribution >= 4 is 30.6 Å². The molecule has 0 fully saturated rings. The molecule has 0 saturated carbocycles. The van der Waals surface area contributed by atoms with Gasteiger partial charge in [0.1, 0.15) is 40.2 Å². The van der Waals surface area contributed by atoms with E-state index in [2.05, 4.69) is 0 Å². The third-order valence-corrected chi connectivity index (χ3v) is 19.0. The van der Waals surface area contributed by atoms with Crippen LogP contribution >= 0.6 is 30.6 Å². The molecule has 12 nitrogen and oxygen atoms in total. The largest absolute Gasteiger partial charge is 0.460 e. The molecule has 0 saturated heterocycles. The van der Waals surface area contributed by atoms with E-state index >= 15 is 0 Å². The maximum atomic E-state index is 7.01. The molecule has 8 rings (SSSR count). The molecular formula is C45H42N4O8P4. The molecule has 0 bridgehead atoms. The molecule has 61 heavy (non-hydrogen) atoms. The van der Waals surface area contributed by atoms with Crippen molar-refractivity contribution in [1.82, 2.24) is 0 Å². The predicted molar refractivity (Wildman–Crippen MR) is 243 cm³/mol. The lowest BCUT2D eigenvalue weighted by Gasteiger charge is -2.33. The van der Waals surface area contributed by atoms with Gasteiger partial charge in [0.05, 0.1) is 6.61 Å². The van der Waals surface area contributed by atoms with E-state index in [4.69, 9.17) is 54.3 Å². The zero-order valence-electron chi connectivity index (χ0n) is 33.0. The van der Waals surface area contributed by atoms with E-state index in [0.29, 0.717) is 46.7 Å². The second-order valence-corrected chi connectivity index (χ2v) is 21.3. The summed E-state index contributed by atoms with van der Waals surface area (Å²) in [5, 5.41) is 0. The fourth-order valence-corrected chi connectivity index (χ4v) is 17.8. The van der Waals surface area contributed by atoms with Crippen LogP contribution < -0.4 is 31.7 Å². The van der Waals surface area contributed by atoms with Crippen LogP contribution in [0.1, 0.15) is 13.3 Å². The smallest absolute Gasteiger partial charge is 0.422 e. The van der Waals surface area contributed by atoms with Crippen LogP contribution in [0.5, 0.6) is 40.2 Å². The highest BCUT2D eigenvalue weighted by Gasteiger charge is 2.48. The molecule has 0 aliphatic carbocycles. The van der Waals surface area contributed by atoms with Crippen LogP contribution in [0, 0.1) is 0 Å². The van der Waals surface area contributed by atoms with Gasteiger partial charge in [-0.3, -0.25) is 4.52 Å². The van der Waals surface area contributed by atoms with E-state index in [1.54, 1.807) is 84.9 Å². The van der Waals surface area contributed by atoms with E-state index in [1.807, 2.05) is 134 Å². The van der Waals surface area contributed by atoms with Gasteiger partial charge in [0.2, 0.25) is 0 Å². The fraction of sp³-hybridized carbons (Fsp3) is 0.0667. The summed E-state index contributed by atoms with van der Waals surface area (Å²) < 4.78 is 77.6. The molecule has 0 N–H and O–H groups in total. The van der Waals surface area contributed by atoms with E-state index < -0.39 is 30.6 Å². The van der Waals surface area contributed by atoms with E-state index in [1.165, 1.54) is 0 Å². The van der Waals surface area contributed by atoms with Crippen molar-refractivity contribution in [3.63, 3.8) is 0 Å². The van der Waals surface area contributed by atoms with E-state index in [9.17, 15) is 0 Å². The quantitative estimate of drug-likeness (QED) is 0.0828. The Labute approximate surface area is 356 Å². The molecule has 1 aliphatic rings. The lowest BCUT2D eigenvalue weighted by molar-refractivity contribution is 0.304. The first kappa shape index (κ1) is 41.7. The summed E-state index contributed by atoms with van der Waals surface area (Å²) in [6.45, 7) is 2.13. The van der Waals surface area contributed by atoms with Crippen molar-refractivity contribution in [2.45, 2.75) is 13.3 Å². The Kier molecular flexibility index (Phi) is 13.4. The molecule has 7 aromatic rings. The summed E-state index contributed by atoms with van der Waals surface area (Å²) >= 11 is 0. The molecule has 0 spiro atoms.